The highest BCUT2D eigenvalue weighted by Gasteiger charge is 2.73. The summed E-state index contributed by atoms with van der Waals surface area (Å²) in [6, 6.07) is 0. The summed E-state index contributed by atoms with van der Waals surface area (Å²) >= 11 is 0. The molecule has 0 aromatic carbocycles. The predicted octanol–water partition coefficient (Wildman–Crippen LogP) is 0.591. The van der Waals surface area contributed by atoms with Gasteiger partial charge in [0.2, 0.25) is 11.6 Å². The van der Waals surface area contributed by atoms with Gasteiger partial charge in [-0.25, -0.2) is 4.79 Å². The van der Waals surface area contributed by atoms with E-state index in [2.05, 4.69) is 0 Å². The van der Waals surface area contributed by atoms with Crippen LogP contribution in [0.15, 0.2) is 23.5 Å². The third-order valence-corrected chi connectivity index (χ3v) is 5.07. The Bertz CT molecular complexity index is 616. The molecule has 4 aliphatic rings. The lowest BCUT2D eigenvalue weighted by molar-refractivity contribution is -0.273. The fourth-order valence-corrected chi connectivity index (χ4v) is 4.08. The Hall–Kier alpha value is -1.70. The Balaban J connectivity index is 2.27. The number of carbonyl (C=O) groups excluding carboxylic acids is 2. The van der Waals surface area contributed by atoms with Gasteiger partial charge in [0.25, 0.3) is 0 Å². The quantitative estimate of drug-likeness (QED) is 0.553. The number of allylic oxidation sites excluding steroid dienone is 1. The first-order chi connectivity index (χ1) is 10.9. The minimum atomic E-state index is -1.66. The summed E-state index contributed by atoms with van der Waals surface area (Å²) in [6.45, 7) is 1.80. The highest BCUT2D eigenvalue weighted by atomic mass is 16.7. The summed E-state index contributed by atoms with van der Waals surface area (Å²) < 4.78 is 27.3. The second-order valence-corrected chi connectivity index (χ2v) is 5.86. The summed E-state index contributed by atoms with van der Waals surface area (Å²) in [7, 11) is 5.43. The highest BCUT2D eigenvalue weighted by Crippen LogP contribution is 2.57. The number of hydrogen-bond acceptors (Lipinski definition) is 7. The van der Waals surface area contributed by atoms with Crippen molar-refractivity contribution < 1.29 is 33.3 Å². The van der Waals surface area contributed by atoms with Crippen LogP contribution in [-0.2, 0) is 33.3 Å². The molecular weight excluding hydrogens is 304 g/mol. The molecule has 1 saturated carbocycles. The van der Waals surface area contributed by atoms with Crippen molar-refractivity contribution in [3.63, 3.8) is 0 Å². The molecule has 0 N–H and O–H groups in total. The maximum Gasteiger partial charge on any atom is 0.334 e. The molecule has 23 heavy (non-hydrogen) atoms. The molecule has 1 aliphatic heterocycles. The second kappa shape index (κ2) is 5.15. The lowest BCUT2D eigenvalue weighted by Crippen LogP contribution is -2.73. The van der Waals surface area contributed by atoms with Crippen molar-refractivity contribution in [1.82, 2.24) is 0 Å². The Morgan fingerprint density at radius 2 is 1.83 bits per heavy atom. The number of fused-ring (bicyclic) bond motifs is 1. The minimum absolute atomic E-state index is 0.266. The monoisotopic (exact) mass is 324 g/mol. The molecule has 0 radical (unpaired) electrons. The topological polar surface area (TPSA) is 80.3 Å². The molecule has 2 bridgehead atoms. The van der Waals surface area contributed by atoms with Gasteiger partial charge in [-0.3, -0.25) is 4.79 Å². The van der Waals surface area contributed by atoms with E-state index in [9.17, 15) is 9.59 Å². The number of ether oxygens (including phenoxy) is 5. The summed E-state index contributed by atoms with van der Waals surface area (Å²) in [4.78, 5) is 25.4. The van der Waals surface area contributed by atoms with Crippen molar-refractivity contribution in [1.29, 1.82) is 0 Å². The zero-order valence-electron chi connectivity index (χ0n) is 13.7. The van der Waals surface area contributed by atoms with Gasteiger partial charge in [-0.05, 0) is 19.1 Å². The Morgan fingerprint density at radius 1 is 1.17 bits per heavy atom. The lowest BCUT2D eigenvalue weighted by atomic mass is 9.57. The van der Waals surface area contributed by atoms with Crippen molar-refractivity contribution in [2.45, 2.75) is 24.4 Å². The Kier molecular flexibility index (Phi) is 3.62. The first kappa shape index (κ1) is 16.2. The predicted molar refractivity (Wildman–Crippen MR) is 77.2 cm³/mol. The van der Waals surface area contributed by atoms with Gasteiger partial charge in [0.1, 0.15) is 6.10 Å². The number of carbonyl (C=O) groups is 2. The standard InChI is InChI=1S/C16H20O7/c1-8-6-10-12(23-8)11-9(13(17)19-2)7-15(10,20-3)14(18)16(11,21-4)22-5/h6-7,10-12H,1-5H3/t10-,11+,12+,15+/m1/s1. The van der Waals surface area contributed by atoms with Gasteiger partial charge >= 0.3 is 5.97 Å². The molecule has 0 aromatic rings. The summed E-state index contributed by atoms with van der Waals surface area (Å²) in [5.74, 6) is -3.03. The van der Waals surface area contributed by atoms with Crippen LogP contribution < -0.4 is 0 Å². The molecule has 0 saturated heterocycles. The van der Waals surface area contributed by atoms with Gasteiger partial charge in [-0.1, -0.05) is 0 Å². The molecule has 1 fully saturated rings. The fraction of sp³-hybridized carbons (Fsp3) is 0.625. The van der Waals surface area contributed by atoms with Crippen molar-refractivity contribution in [3.05, 3.63) is 23.5 Å². The van der Waals surface area contributed by atoms with Crippen LogP contribution in [0.5, 0.6) is 0 Å². The average molecular weight is 324 g/mol. The van der Waals surface area contributed by atoms with Gasteiger partial charge in [-0.2, -0.15) is 0 Å². The maximum atomic E-state index is 13.2. The molecule has 126 valence electrons. The number of methoxy groups -OCH3 is 4. The third-order valence-electron chi connectivity index (χ3n) is 5.07. The molecule has 0 unspecified atom stereocenters. The van der Waals surface area contributed by atoms with Crippen LogP contribution in [-0.4, -0.2) is 57.7 Å². The first-order valence-corrected chi connectivity index (χ1v) is 7.28. The summed E-state index contributed by atoms with van der Waals surface area (Å²) in [6.07, 6.45) is 2.87. The molecule has 7 nitrogen and oxygen atoms in total. The van der Waals surface area contributed by atoms with Crippen LogP contribution >= 0.6 is 0 Å². The van der Waals surface area contributed by atoms with Crippen LogP contribution in [0.3, 0.4) is 0 Å². The van der Waals surface area contributed by atoms with E-state index in [4.69, 9.17) is 23.7 Å². The van der Waals surface area contributed by atoms with Crippen LogP contribution in [0.2, 0.25) is 0 Å². The number of Topliss-reactive ketones (excluding diaryl/α,β-unsaturated/α-hetero) is 1. The highest BCUT2D eigenvalue weighted by molar-refractivity contribution is 6.04. The number of esters is 1. The Morgan fingerprint density at radius 3 is 2.35 bits per heavy atom. The van der Waals surface area contributed by atoms with Crippen molar-refractivity contribution >= 4 is 11.8 Å². The van der Waals surface area contributed by atoms with Crippen LogP contribution in [0.25, 0.3) is 0 Å². The molecule has 0 spiro atoms. The van der Waals surface area contributed by atoms with E-state index in [1.807, 2.05) is 6.08 Å². The normalized spacial score (nSPS) is 36.9. The minimum Gasteiger partial charge on any atom is -0.494 e. The van der Waals surface area contributed by atoms with Crippen LogP contribution in [0.1, 0.15) is 6.92 Å². The van der Waals surface area contributed by atoms with E-state index in [-0.39, 0.29) is 17.3 Å². The van der Waals surface area contributed by atoms with E-state index < -0.39 is 29.4 Å². The van der Waals surface area contributed by atoms with Crippen molar-refractivity contribution in [2.75, 3.05) is 28.4 Å². The van der Waals surface area contributed by atoms with E-state index in [1.165, 1.54) is 34.5 Å². The van der Waals surface area contributed by atoms with Gasteiger partial charge in [0.15, 0.2) is 5.60 Å². The van der Waals surface area contributed by atoms with E-state index in [0.717, 1.165) is 0 Å². The summed E-state index contributed by atoms with van der Waals surface area (Å²) in [5.41, 5.74) is -1.13. The Labute approximate surface area is 134 Å². The zero-order valence-corrected chi connectivity index (χ0v) is 13.7. The van der Waals surface area contributed by atoms with Crippen LogP contribution in [0, 0.1) is 11.8 Å². The molecule has 7 heteroatoms. The molecule has 0 amide bonds. The number of hydrogen-bond donors (Lipinski definition) is 0. The molecule has 1 heterocycles. The largest absolute Gasteiger partial charge is 0.494 e. The lowest BCUT2D eigenvalue weighted by Gasteiger charge is -2.55. The van der Waals surface area contributed by atoms with Crippen molar-refractivity contribution in [2.24, 2.45) is 11.8 Å². The van der Waals surface area contributed by atoms with Gasteiger partial charge in [0, 0.05) is 26.9 Å². The molecule has 3 aliphatic carbocycles. The van der Waals surface area contributed by atoms with Crippen molar-refractivity contribution in [3.8, 4) is 0 Å². The van der Waals surface area contributed by atoms with E-state index in [0.29, 0.717) is 5.76 Å². The molecular formula is C16H20O7. The zero-order chi connectivity index (χ0) is 17.0. The smallest absolute Gasteiger partial charge is 0.334 e. The number of ketones is 1. The SMILES string of the molecule is COC(=O)C1=C[C@@]2(OC)C(=O)C(OC)(OC)[C@@H]1[C@H]1OC(C)=C[C@H]12. The van der Waals surface area contributed by atoms with Gasteiger partial charge in [-0.15, -0.1) is 0 Å². The summed E-state index contributed by atoms with van der Waals surface area (Å²) in [5, 5.41) is 0. The van der Waals surface area contributed by atoms with E-state index >= 15 is 0 Å². The van der Waals surface area contributed by atoms with Gasteiger partial charge < -0.3 is 23.7 Å². The fourth-order valence-electron chi connectivity index (χ4n) is 4.08. The first-order valence-electron chi connectivity index (χ1n) is 7.28. The van der Waals surface area contributed by atoms with Gasteiger partial charge in [0.05, 0.1) is 24.7 Å². The van der Waals surface area contributed by atoms with Crippen LogP contribution in [0.4, 0.5) is 0 Å². The maximum absolute atomic E-state index is 13.2. The third kappa shape index (κ3) is 1.75. The molecule has 4 atom stereocenters. The molecule has 0 aromatic heterocycles. The average Bonchev–Trinajstić information content (AvgIpc) is 2.97. The van der Waals surface area contributed by atoms with E-state index in [1.54, 1.807) is 6.92 Å². The second-order valence-electron chi connectivity index (χ2n) is 5.86. The number of rotatable bonds is 4. The molecule has 4 rings (SSSR count).